The molecule has 0 aromatic rings. The predicted molar refractivity (Wildman–Crippen MR) is 45.6 cm³/mol. The molecular weight excluding hydrogens is 188 g/mol. The van der Waals surface area contributed by atoms with Gasteiger partial charge in [0, 0.05) is 7.11 Å². The number of carbonyl (C=O) groups excluding carboxylic acids is 1. The summed E-state index contributed by atoms with van der Waals surface area (Å²) in [5, 5.41) is 0. The van der Waals surface area contributed by atoms with Gasteiger partial charge in [-0.1, -0.05) is 0 Å². The topological polar surface area (TPSA) is 54.0 Å². The molecule has 2 aliphatic rings. The van der Waals surface area contributed by atoms with Gasteiger partial charge in [0.1, 0.15) is 18.3 Å². The number of methoxy groups -OCH3 is 1. The van der Waals surface area contributed by atoms with Crippen molar-refractivity contribution in [2.45, 2.75) is 44.2 Å². The SMILES string of the molecule is CO[C@@H]1O[C@H](C=O)[C@H]2OC(C)(C)O[C@@H]12. The number of hydrogen-bond acceptors (Lipinski definition) is 5. The molecule has 0 N–H and O–H groups in total. The molecule has 0 unspecified atom stereocenters. The minimum Gasteiger partial charge on any atom is -0.353 e. The van der Waals surface area contributed by atoms with Crippen molar-refractivity contribution in [1.82, 2.24) is 0 Å². The average Bonchev–Trinajstić information content (AvgIpc) is 2.57. The highest BCUT2D eigenvalue weighted by Crippen LogP contribution is 2.38. The molecule has 0 aromatic carbocycles. The molecule has 0 radical (unpaired) electrons. The highest BCUT2D eigenvalue weighted by molar-refractivity contribution is 5.58. The van der Waals surface area contributed by atoms with Crippen LogP contribution in [-0.2, 0) is 23.7 Å². The van der Waals surface area contributed by atoms with Crippen LogP contribution in [0.25, 0.3) is 0 Å². The smallest absolute Gasteiger partial charge is 0.187 e. The van der Waals surface area contributed by atoms with Gasteiger partial charge in [0.2, 0.25) is 0 Å². The fourth-order valence-electron chi connectivity index (χ4n) is 1.89. The van der Waals surface area contributed by atoms with Gasteiger partial charge in [-0.2, -0.15) is 0 Å². The number of aldehydes is 1. The van der Waals surface area contributed by atoms with Gasteiger partial charge in [0.05, 0.1) is 0 Å². The molecule has 2 heterocycles. The summed E-state index contributed by atoms with van der Waals surface area (Å²) in [6, 6.07) is 0. The Bertz CT molecular complexity index is 239. The van der Waals surface area contributed by atoms with Crippen LogP contribution in [-0.4, -0.2) is 43.8 Å². The summed E-state index contributed by atoms with van der Waals surface area (Å²) in [5.41, 5.74) is 0. The largest absolute Gasteiger partial charge is 0.353 e. The van der Waals surface area contributed by atoms with Gasteiger partial charge in [-0.05, 0) is 13.8 Å². The maximum Gasteiger partial charge on any atom is 0.187 e. The molecule has 4 atom stereocenters. The minimum atomic E-state index is -0.669. The molecule has 2 rings (SSSR count). The van der Waals surface area contributed by atoms with E-state index in [0.29, 0.717) is 0 Å². The lowest BCUT2D eigenvalue weighted by Gasteiger charge is -2.21. The fourth-order valence-corrected chi connectivity index (χ4v) is 1.89. The maximum absolute atomic E-state index is 10.7. The lowest BCUT2D eigenvalue weighted by atomic mass is 10.1. The van der Waals surface area contributed by atoms with Crippen molar-refractivity contribution in [3.8, 4) is 0 Å². The van der Waals surface area contributed by atoms with E-state index in [1.165, 1.54) is 7.11 Å². The van der Waals surface area contributed by atoms with Crippen LogP contribution in [0, 0.1) is 0 Å². The summed E-state index contributed by atoms with van der Waals surface area (Å²) < 4.78 is 21.5. The molecular formula is C9H14O5. The molecule has 0 aliphatic carbocycles. The molecule has 2 fully saturated rings. The number of fused-ring (bicyclic) bond motifs is 1. The third-order valence-corrected chi connectivity index (χ3v) is 2.41. The Morgan fingerprint density at radius 3 is 2.50 bits per heavy atom. The molecule has 80 valence electrons. The van der Waals surface area contributed by atoms with Gasteiger partial charge in [-0.25, -0.2) is 0 Å². The quantitative estimate of drug-likeness (QED) is 0.593. The Kier molecular flexibility index (Phi) is 2.35. The van der Waals surface area contributed by atoms with E-state index in [1.54, 1.807) is 13.8 Å². The summed E-state index contributed by atoms with van der Waals surface area (Å²) in [7, 11) is 1.52. The summed E-state index contributed by atoms with van der Waals surface area (Å²) in [6.45, 7) is 3.61. The van der Waals surface area contributed by atoms with Gasteiger partial charge < -0.3 is 23.7 Å². The van der Waals surface area contributed by atoms with Crippen molar-refractivity contribution in [3.05, 3.63) is 0 Å². The highest BCUT2D eigenvalue weighted by Gasteiger charge is 2.55. The summed E-state index contributed by atoms with van der Waals surface area (Å²) in [5.74, 6) is -0.669. The van der Waals surface area contributed by atoms with Crippen LogP contribution in [0.4, 0.5) is 0 Å². The fraction of sp³-hybridized carbons (Fsp3) is 0.889. The third kappa shape index (κ3) is 1.46. The second kappa shape index (κ2) is 3.27. The van der Waals surface area contributed by atoms with Crippen molar-refractivity contribution in [3.63, 3.8) is 0 Å². The number of ether oxygens (including phenoxy) is 4. The van der Waals surface area contributed by atoms with Gasteiger partial charge in [0.25, 0.3) is 0 Å². The minimum absolute atomic E-state index is 0.315. The zero-order valence-corrected chi connectivity index (χ0v) is 8.43. The Morgan fingerprint density at radius 2 is 1.93 bits per heavy atom. The molecule has 0 saturated carbocycles. The highest BCUT2D eigenvalue weighted by atomic mass is 16.8. The van der Waals surface area contributed by atoms with Gasteiger partial charge in [0.15, 0.2) is 18.4 Å². The lowest BCUT2D eigenvalue weighted by molar-refractivity contribution is -0.223. The monoisotopic (exact) mass is 202 g/mol. The zero-order chi connectivity index (χ0) is 10.3. The van der Waals surface area contributed by atoms with Crippen LogP contribution >= 0.6 is 0 Å². The molecule has 0 bridgehead atoms. The number of carbonyl (C=O) groups is 1. The molecule has 5 nitrogen and oxygen atoms in total. The van der Waals surface area contributed by atoms with E-state index in [4.69, 9.17) is 18.9 Å². The van der Waals surface area contributed by atoms with Gasteiger partial charge >= 0.3 is 0 Å². The van der Waals surface area contributed by atoms with E-state index in [2.05, 4.69) is 0 Å². The Morgan fingerprint density at radius 1 is 1.29 bits per heavy atom. The number of hydrogen-bond donors (Lipinski definition) is 0. The summed E-state index contributed by atoms with van der Waals surface area (Å²) >= 11 is 0. The van der Waals surface area contributed by atoms with E-state index in [-0.39, 0.29) is 12.2 Å². The second-order valence-electron chi connectivity index (χ2n) is 3.91. The van der Waals surface area contributed by atoms with E-state index in [1.807, 2.05) is 0 Å². The van der Waals surface area contributed by atoms with Crippen LogP contribution in [0.15, 0.2) is 0 Å². The first kappa shape index (κ1) is 10.0. The maximum atomic E-state index is 10.7. The molecule has 5 heteroatoms. The second-order valence-corrected chi connectivity index (χ2v) is 3.91. The Hall–Kier alpha value is -0.490. The molecule has 14 heavy (non-hydrogen) atoms. The number of rotatable bonds is 2. The van der Waals surface area contributed by atoms with Crippen LogP contribution in [0.5, 0.6) is 0 Å². The standard InChI is InChI=1S/C9H14O5/c1-9(2)13-6-5(4-10)12-8(11-3)7(6)14-9/h4-8H,1-3H3/t5-,6-,7-,8-/m1/s1. The van der Waals surface area contributed by atoms with Crippen LogP contribution in [0.1, 0.15) is 13.8 Å². The molecule has 2 aliphatic heterocycles. The van der Waals surface area contributed by atoms with Crippen LogP contribution in [0.3, 0.4) is 0 Å². The first-order valence-electron chi connectivity index (χ1n) is 4.56. The predicted octanol–water partition coefficient (Wildman–Crippen LogP) is 0.0767. The molecule has 2 saturated heterocycles. The van der Waals surface area contributed by atoms with Crippen molar-refractivity contribution in [2.75, 3.05) is 7.11 Å². The van der Waals surface area contributed by atoms with Gasteiger partial charge in [-0.15, -0.1) is 0 Å². The first-order valence-corrected chi connectivity index (χ1v) is 4.56. The van der Waals surface area contributed by atoms with E-state index in [0.717, 1.165) is 6.29 Å². The Balaban J connectivity index is 2.16. The summed E-state index contributed by atoms with van der Waals surface area (Å²) in [4.78, 5) is 10.7. The molecule has 0 amide bonds. The van der Waals surface area contributed by atoms with Crippen LogP contribution in [0.2, 0.25) is 0 Å². The van der Waals surface area contributed by atoms with E-state index >= 15 is 0 Å². The van der Waals surface area contributed by atoms with Crippen molar-refractivity contribution in [2.24, 2.45) is 0 Å². The van der Waals surface area contributed by atoms with E-state index in [9.17, 15) is 4.79 Å². The lowest BCUT2D eigenvalue weighted by Crippen LogP contribution is -2.30. The van der Waals surface area contributed by atoms with Crippen molar-refractivity contribution < 1.29 is 23.7 Å². The van der Waals surface area contributed by atoms with Crippen molar-refractivity contribution in [1.29, 1.82) is 0 Å². The van der Waals surface area contributed by atoms with Gasteiger partial charge in [-0.3, -0.25) is 0 Å². The summed E-state index contributed by atoms with van der Waals surface area (Å²) in [6.07, 6.45) is -1.05. The normalized spacial score (nSPS) is 45.1. The Labute approximate surface area is 82.3 Å². The van der Waals surface area contributed by atoms with E-state index < -0.39 is 18.2 Å². The first-order chi connectivity index (χ1) is 6.57. The average molecular weight is 202 g/mol. The van der Waals surface area contributed by atoms with Crippen LogP contribution < -0.4 is 0 Å². The van der Waals surface area contributed by atoms with Crippen molar-refractivity contribution >= 4 is 6.29 Å². The zero-order valence-electron chi connectivity index (χ0n) is 8.43. The molecule has 0 aromatic heterocycles. The third-order valence-electron chi connectivity index (χ3n) is 2.41. The molecule has 0 spiro atoms.